The fourth-order valence-corrected chi connectivity index (χ4v) is 2.95. The molecule has 2 amide bonds. The van der Waals surface area contributed by atoms with Gasteiger partial charge in [-0.2, -0.15) is 5.26 Å². The van der Waals surface area contributed by atoms with Crippen LogP contribution >= 0.6 is 15.9 Å². The fourth-order valence-electron chi connectivity index (χ4n) is 2.55. The maximum atomic E-state index is 12.3. The highest BCUT2D eigenvalue weighted by molar-refractivity contribution is 9.12. The third-order valence-electron chi connectivity index (χ3n) is 3.67. The molecule has 0 aromatic heterocycles. The van der Waals surface area contributed by atoms with Crippen molar-refractivity contribution < 1.29 is 4.79 Å². The summed E-state index contributed by atoms with van der Waals surface area (Å²) in [5.41, 5.74) is 1.14. The Kier molecular flexibility index (Phi) is 7.68. The number of hydrogen-bond acceptors (Lipinski definition) is 2. The molecule has 4 nitrogen and oxygen atoms in total. The van der Waals surface area contributed by atoms with E-state index in [1.807, 2.05) is 23.6 Å². The van der Waals surface area contributed by atoms with Gasteiger partial charge in [0.25, 0.3) is 0 Å². The van der Waals surface area contributed by atoms with Gasteiger partial charge in [-0.25, -0.2) is 4.79 Å². The Hall–Kier alpha value is -1.02. The van der Waals surface area contributed by atoms with Gasteiger partial charge in [-0.1, -0.05) is 13.8 Å². The Morgan fingerprint density at radius 1 is 1.05 bits per heavy atom. The number of hydrogen-bond donors (Lipinski definition) is 0. The van der Waals surface area contributed by atoms with Crippen LogP contribution in [0.5, 0.6) is 0 Å². The van der Waals surface area contributed by atoms with Gasteiger partial charge in [0.15, 0.2) is 0 Å². The number of allylic oxidation sites excluding steroid dienone is 1. The fraction of sp³-hybridized carbons (Fsp3) is 0.733. The van der Waals surface area contributed by atoms with Gasteiger partial charge in [-0.3, -0.25) is 0 Å². The lowest BCUT2D eigenvalue weighted by molar-refractivity contribution is 0.140. The average Bonchev–Trinajstić information content (AvgIpc) is 2.56. The van der Waals surface area contributed by atoms with Crippen molar-refractivity contribution in [2.45, 2.75) is 46.0 Å². The monoisotopic (exact) mass is 341 g/mol. The molecule has 2 aliphatic heterocycles. The quantitative estimate of drug-likeness (QED) is 0.627. The highest BCUT2D eigenvalue weighted by atomic mass is 79.9. The van der Waals surface area contributed by atoms with E-state index < -0.39 is 0 Å². The molecule has 0 aromatic rings. The van der Waals surface area contributed by atoms with E-state index in [2.05, 4.69) is 22.0 Å². The maximum Gasteiger partial charge on any atom is 0.320 e. The summed E-state index contributed by atoms with van der Waals surface area (Å²) >= 11 is 3.28. The lowest BCUT2D eigenvalue weighted by Gasteiger charge is -2.35. The van der Waals surface area contributed by atoms with Gasteiger partial charge < -0.3 is 9.80 Å². The van der Waals surface area contributed by atoms with Crippen molar-refractivity contribution in [3.05, 3.63) is 10.1 Å². The summed E-state index contributed by atoms with van der Waals surface area (Å²) in [6, 6.07) is 2.31. The third-order valence-corrected chi connectivity index (χ3v) is 4.41. The van der Waals surface area contributed by atoms with Crippen molar-refractivity contribution in [3.8, 4) is 6.07 Å². The molecule has 2 heterocycles. The van der Waals surface area contributed by atoms with Crippen molar-refractivity contribution in [3.63, 3.8) is 0 Å². The minimum absolute atomic E-state index is 0.182. The zero-order valence-electron chi connectivity index (χ0n) is 12.5. The van der Waals surface area contributed by atoms with Crippen LogP contribution in [0.15, 0.2) is 10.1 Å². The molecule has 0 aliphatic carbocycles. The van der Waals surface area contributed by atoms with Gasteiger partial charge in [0, 0.05) is 26.2 Å². The first-order valence-corrected chi connectivity index (χ1v) is 8.33. The zero-order chi connectivity index (χ0) is 15.0. The number of likely N-dealkylation sites (tertiary alicyclic amines) is 2. The summed E-state index contributed by atoms with van der Waals surface area (Å²) in [6.07, 6.45) is 5.13. The van der Waals surface area contributed by atoms with Gasteiger partial charge in [-0.05, 0) is 53.6 Å². The van der Waals surface area contributed by atoms with Crippen LogP contribution < -0.4 is 0 Å². The number of rotatable bonds is 0. The van der Waals surface area contributed by atoms with Gasteiger partial charge >= 0.3 is 6.03 Å². The minimum atomic E-state index is 0.182. The Morgan fingerprint density at radius 2 is 1.55 bits per heavy atom. The molecule has 0 N–H and O–H groups in total. The number of urea groups is 1. The summed E-state index contributed by atoms with van der Waals surface area (Å²) in [5, 5.41) is 8.82. The van der Waals surface area contributed by atoms with Crippen LogP contribution in [0, 0.1) is 11.3 Å². The molecular formula is C15H24BrN3O. The van der Waals surface area contributed by atoms with E-state index in [-0.39, 0.29) is 6.03 Å². The van der Waals surface area contributed by atoms with Gasteiger partial charge in [0.05, 0.1) is 4.48 Å². The van der Waals surface area contributed by atoms with Crippen molar-refractivity contribution in [1.29, 1.82) is 5.26 Å². The Bertz CT molecular complexity index is 384. The van der Waals surface area contributed by atoms with Crippen molar-refractivity contribution in [2.75, 3.05) is 26.2 Å². The summed E-state index contributed by atoms with van der Waals surface area (Å²) < 4.78 is 0.646. The molecule has 5 heteroatoms. The second-order valence-electron chi connectivity index (χ2n) is 4.85. The molecule has 0 saturated carbocycles. The molecule has 0 unspecified atom stereocenters. The Labute approximate surface area is 130 Å². The van der Waals surface area contributed by atoms with Crippen molar-refractivity contribution in [2.24, 2.45) is 0 Å². The zero-order valence-corrected chi connectivity index (χ0v) is 14.1. The number of nitrogens with zero attached hydrogens (tertiary/aromatic N) is 3. The van der Waals surface area contributed by atoms with E-state index in [4.69, 9.17) is 5.26 Å². The number of carbonyl (C=O) groups excluding carboxylic acids is 1. The normalized spacial score (nSPS) is 18.8. The first-order valence-electron chi connectivity index (χ1n) is 7.54. The van der Waals surface area contributed by atoms with E-state index in [9.17, 15) is 4.79 Å². The predicted molar refractivity (Wildman–Crippen MR) is 84.5 cm³/mol. The lowest BCUT2D eigenvalue weighted by Crippen LogP contribution is -2.47. The molecule has 2 saturated heterocycles. The van der Waals surface area contributed by atoms with E-state index >= 15 is 0 Å². The van der Waals surface area contributed by atoms with E-state index in [1.165, 1.54) is 6.42 Å². The van der Waals surface area contributed by atoms with Crippen LogP contribution in [0.2, 0.25) is 0 Å². The standard InChI is InChI=1S/C13H18BrN3O.C2H6/c14-12(10-15)11-4-8-17(9-5-11)13(18)16-6-2-1-3-7-16;1-2/h1-9H2;1-2H3. The smallest absolute Gasteiger partial charge is 0.320 e. The summed E-state index contributed by atoms with van der Waals surface area (Å²) in [5.74, 6) is 0. The SMILES string of the molecule is CC.N#CC(Br)=C1CCN(C(=O)N2CCCCC2)CC1. The molecule has 0 aromatic carbocycles. The molecule has 2 rings (SSSR count). The van der Waals surface area contributed by atoms with Crippen molar-refractivity contribution >= 4 is 22.0 Å². The van der Waals surface area contributed by atoms with Crippen LogP contribution in [0.1, 0.15) is 46.0 Å². The van der Waals surface area contributed by atoms with Crippen molar-refractivity contribution in [1.82, 2.24) is 9.80 Å². The first-order chi connectivity index (χ1) is 9.72. The molecule has 2 aliphatic rings. The molecule has 112 valence electrons. The third kappa shape index (κ3) is 4.52. The Balaban J connectivity index is 0.000000956. The summed E-state index contributed by atoms with van der Waals surface area (Å²) in [4.78, 5) is 16.2. The Morgan fingerprint density at radius 3 is 2.05 bits per heavy atom. The number of halogens is 1. The molecular weight excluding hydrogens is 318 g/mol. The molecule has 2 fully saturated rings. The first kappa shape index (κ1) is 17.0. The van der Waals surface area contributed by atoms with Crippen LogP contribution in [0.3, 0.4) is 0 Å². The maximum absolute atomic E-state index is 12.3. The molecule has 20 heavy (non-hydrogen) atoms. The van der Waals surface area contributed by atoms with Gasteiger partial charge in [0.2, 0.25) is 0 Å². The van der Waals surface area contributed by atoms with E-state index in [0.29, 0.717) is 4.48 Å². The van der Waals surface area contributed by atoms with Crippen LogP contribution in [-0.4, -0.2) is 42.0 Å². The average molecular weight is 342 g/mol. The van der Waals surface area contributed by atoms with Crippen LogP contribution in [0.25, 0.3) is 0 Å². The minimum Gasteiger partial charge on any atom is -0.325 e. The summed E-state index contributed by atoms with van der Waals surface area (Å²) in [6.45, 7) is 7.28. The number of piperidine rings is 2. The highest BCUT2D eigenvalue weighted by Gasteiger charge is 2.25. The number of amides is 2. The van der Waals surface area contributed by atoms with Crippen LogP contribution in [-0.2, 0) is 0 Å². The van der Waals surface area contributed by atoms with Crippen LogP contribution in [0.4, 0.5) is 4.79 Å². The van der Waals surface area contributed by atoms with E-state index in [0.717, 1.165) is 57.4 Å². The second kappa shape index (κ2) is 9.02. The van der Waals surface area contributed by atoms with Gasteiger partial charge in [0.1, 0.15) is 6.07 Å². The second-order valence-corrected chi connectivity index (χ2v) is 5.64. The molecule has 0 spiro atoms. The van der Waals surface area contributed by atoms with E-state index in [1.54, 1.807) is 0 Å². The number of nitriles is 1. The highest BCUT2D eigenvalue weighted by Crippen LogP contribution is 2.24. The largest absolute Gasteiger partial charge is 0.325 e. The molecule has 0 radical (unpaired) electrons. The molecule has 0 atom stereocenters. The lowest BCUT2D eigenvalue weighted by atomic mass is 10.0. The topological polar surface area (TPSA) is 47.3 Å². The summed E-state index contributed by atoms with van der Waals surface area (Å²) in [7, 11) is 0. The number of carbonyl (C=O) groups is 1. The van der Waals surface area contributed by atoms with Gasteiger partial charge in [-0.15, -0.1) is 0 Å². The predicted octanol–water partition coefficient (Wildman–Crippen LogP) is 3.89. The molecule has 0 bridgehead atoms.